The van der Waals surface area contributed by atoms with Gasteiger partial charge in [-0.05, 0) is 6.07 Å². The van der Waals surface area contributed by atoms with Crippen LogP contribution in [-0.4, -0.2) is 0 Å². The number of nitrogen functional groups attached to an aromatic ring is 1. The minimum absolute atomic E-state index is 0.229. The SMILES string of the molecule is Nc1ccccc1C[O]. The standard InChI is InChI=1S/C7H8NO/c8-7-4-2-1-3-6(7)5-9/h1-4H,5,8H2. The molecule has 0 bridgehead atoms. The van der Waals surface area contributed by atoms with Gasteiger partial charge in [-0.15, -0.1) is 0 Å². The van der Waals surface area contributed by atoms with Gasteiger partial charge in [-0.2, -0.15) is 0 Å². The molecule has 0 amide bonds. The van der Waals surface area contributed by atoms with Gasteiger partial charge < -0.3 is 5.73 Å². The average Bonchev–Trinajstić information content (AvgIpc) is 1.89. The molecule has 0 aliphatic rings. The van der Waals surface area contributed by atoms with Crippen molar-refractivity contribution in [3.63, 3.8) is 0 Å². The number of rotatable bonds is 1. The summed E-state index contributed by atoms with van der Waals surface area (Å²) in [6.45, 7) is -0.229. The molecular formula is C7H8NO. The molecule has 2 heteroatoms. The van der Waals surface area contributed by atoms with E-state index in [4.69, 9.17) is 5.73 Å². The Morgan fingerprint density at radius 3 is 2.44 bits per heavy atom. The van der Waals surface area contributed by atoms with E-state index in [2.05, 4.69) is 0 Å². The average molecular weight is 122 g/mol. The maximum Gasteiger partial charge on any atom is 0.109 e. The summed E-state index contributed by atoms with van der Waals surface area (Å²) in [5.74, 6) is 0. The van der Waals surface area contributed by atoms with E-state index in [0.29, 0.717) is 11.3 Å². The highest BCUT2D eigenvalue weighted by molar-refractivity contribution is 5.45. The Morgan fingerprint density at radius 1 is 1.33 bits per heavy atom. The Labute approximate surface area is 53.9 Å². The summed E-state index contributed by atoms with van der Waals surface area (Å²) in [6.07, 6.45) is 0. The second kappa shape index (κ2) is 2.51. The van der Waals surface area contributed by atoms with Crippen molar-refractivity contribution in [2.24, 2.45) is 0 Å². The fraction of sp³-hybridized carbons (Fsp3) is 0.143. The van der Waals surface area contributed by atoms with Crippen LogP contribution in [0.4, 0.5) is 5.69 Å². The molecule has 1 rings (SSSR count). The maximum absolute atomic E-state index is 10.3. The van der Waals surface area contributed by atoms with Gasteiger partial charge in [0, 0.05) is 11.3 Å². The third-order valence-corrected chi connectivity index (χ3v) is 1.21. The summed E-state index contributed by atoms with van der Waals surface area (Å²) in [7, 11) is 0. The van der Waals surface area contributed by atoms with E-state index in [0.717, 1.165) is 0 Å². The van der Waals surface area contributed by atoms with Gasteiger partial charge in [-0.3, -0.25) is 0 Å². The third kappa shape index (κ3) is 1.21. The monoisotopic (exact) mass is 122 g/mol. The number of hydrogen-bond acceptors (Lipinski definition) is 1. The number of nitrogens with two attached hydrogens (primary N) is 1. The summed E-state index contributed by atoms with van der Waals surface area (Å²) < 4.78 is 0. The van der Waals surface area contributed by atoms with Crippen LogP contribution in [0.15, 0.2) is 24.3 Å². The van der Waals surface area contributed by atoms with Crippen LogP contribution in [0, 0.1) is 0 Å². The van der Waals surface area contributed by atoms with Crippen molar-refractivity contribution < 1.29 is 5.11 Å². The van der Waals surface area contributed by atoms with Gasteiger partial charge in [0.05, 0.1) is 0 Å². The Bertz CT molecular complexity index is 198. The van der Waals surface area contributed by atoms with Crippen molar-refractivity contribution in [2.75, 3.05) is 5.73 Å². The highest BCUT2D eigenvalue weighted by Gasteiger charge is 1.92. The summed E-state index contributed by atoms with van der Waals surface area (Å²) >= 11 is 0. The molecule has 0 spiro atoms. The first-order valence-electron chi connectivity index (χ1n) is 2.76. The number of benzene rings is 1. The van der Waals surface area contributed by atoms with Crippen molar-refractivity contribution in [3.05, 3.63) is 29.8 Å². The lowest BCUT2D eigenvalue weighted by Gasteiger charge is -1.96. The lowest BCUT2D eigenvalue weighted by atomic mass is 10.2. The summed E-state index contributed by atoms with van der Waals surface area (Å²) in [4.78, 5) is 0. The van der Waals surface area contributed by atoms with Gasteiger partial charge in [0.2, 0.25) is 0 Å². The summed E-state index contributed by atoms with van der Waals surface area (Å²) in [6, 6.07) is 7.09. The molecule has 1 aromatic carbocycles. The molecule has 47 valence electrons. The van der Waals surface area contributed by atoms with E-state index in [1.807, 2.05) is 12.1 Å². The highest BCUT2D eigenvalue weighted by Crippen LogP contribution is 2.08. The molecule has 0 heterocycles. The van der Waals surface area contributed by atoms with Gasteiger partial charge in [-0.25, -0.2) is 5.11 Å². The molecule has 1 aromatic rings. The molecule has 0 saturated heterocycles. The van der Waals surface area contributed by atoms with Crippen molar-refractivity contribution in [1.29, 1.82) is 0 Å². The van der Waals surface area contributed by atoms with Crippen LogP contribution in [-0.2, 0) is 11.7 Å². The van der Waals surface area contributed by atoms with Crippen LogP contribution in [0.3, 0.4) is 0 Å². The summed E-state index contributed by atoms with van der Waals surface area (Å²) in [5.41, 5.74) is 6.70. The number of anilines is 1. The molecule has 0 fully saturated rings. The molecular weight excluding hydrogens is 114 g/mol. The van der Waals surface area contributed by atoms with Gasteiger partial charge >= 0.3 is 0 Å². The highest BCUT2D eigenvalue weighted by atomic mass is 16.3. The van der Waals surface area contributed by atoms with Crippen LogP contribution in [0.5, 0.6) is 0 Å². The van der Waals surface area contributed by atoms with E-state index >= 15 is 0 Å². The first-order valence-corrected chi connectivity index (χ1v) is 2.76. The molecule has 0 atom stereocenters. The lowest BCUT2D eigenvalue weighted by Crippen LogP contribution is -1.91. The maximum atomic E-state index is 10.3. The predicted octanol–water partition coefficient (Wildman–Crippen LogP) is 1.20. The molecule has 9 heavy (non-hydrogen) atoms. The molecule has 0 unspecified atom stereocenters. The van der Waals surface area contributed by atoms with Crippen molar-refractivity contribution in [2.45, 2.75) is 6.61 Å². The number of para-hydroxylation sites is 1. The molecule has 0 aliphatic carbocycles. The molecule has 0 aliphatic heterocycles. The van der Waals surface area contributed by atoms with Crippen molar-refractivity contribution in [1.82, 2.24) is 0 Å². The zero-order valence-electron chi connectivity index (χ0n) is 5.00. The largest absolute Gasteiger partial charge is 0.398 e. The predicted molar refractivity (Wildman–Crippen MR) is 35.2 cm³/mol. The van der Waals surface area contributed by atoms with E-state index in [9.17, 15) is 5.11 Å². The van der Waals surface area contributed by atoms with Gasteiger partial charge in [0.25, 0.3) is 0 Å². The van der Waals surface area contributed by atoms with Crippen LogP contribution in [0.25, 0.3) is 0 Å². The Morgan fingerprint density at radius 2 is 2.00 bits per heavy atom. The molecule has 2 nitrogen and oxygen atoms in total. The minimum Gasteiger partial charge on any atom is -0.398 e. The normalized spacial score (nSPS) is 9.44. The van der Waals surface area contributed by atoms with E-state index < -0.39 is 0 Å². The second-order valence-electron chi connectivity index (χ2n) is 1.84. The zero-order chi connectivity index (χ0) is 6.69. The van der Waals surface area contributed by atoms with E-state index in [1.165, 1.54) is 0 Å². The Hall–Kier alpha value is -1.02. The van der Waals surface area contributed by atoms with Gasteiger partial charge in [-0.1, -0.05) is 18.2 Å². The van der Waals surface area contributed by atoms with Crippen molar-refractivity contribution >= 4 is 5.69 Å². The molecule has 2 N–H and O–H groups in total. The zero-order valence-corrected chi connectivity index (χ0v) is 5.00. The minimum atomic E-state index is -0.229. The molecule has 1 radical (unpaired) electrons. The first-order chi connectivity index (χ1) is 4.34. The third-order valence-electron chi connectivity index (χ3n) is 1.21. The van der Waals surface area contributed by atoms with Gasteiger partial charge in [0.15, 0.2) is 0 Å². The number of hydrogen-bond donors (Lipinski definition) is 1. The molecule has 0 aromatic heterocycles. The quantitative estimate of drug-likeness (QED) is 0.559. The van der Waals surface area contributed by atoms with E-state index in [1.54, 1.807) is 12.1 Å². The second-order valence-corrected chi connectivity index (χ2v) is 1.84. The Balaban J connectivity index is 3.01. The smallest absolute Gasteiger partial charge is 0.109 e. The van der Waals surface area contributed by atoms with Crippen LogP contribution in [0.1, 0.15) is 5.56 Å². The lowest BCUT2D eigenvalue weighted by molar-refractivity contribution is 0.178. The molecule has 0 saturated carbocycles. The Kier molecular flexibility index (Phi) is 1.70. The van der Waals surface area contributed by atoms with Crippen LogP contribution < -0.4 is 5.73 Å². The van der Waals surface area contributed by atoms with E-state index in [-0.39, 0.29) is 6.61 Å². The van der Waals surface area contributed by atoms with Gasteiger partial charge in [0.1, 0.15) is 6.61 Å². The van der Waals surface area contributed by atoms with Crippen LogP contribution in [0.2, 0.25) is 0 Å². The first kappa shape index (κ1) is 6.11. The van der Waals surface area contributed by atoms with Crippen LogP contribution >= 0.6 is 0 Å². The topological polar surface area (TPSA) is 45.9 Å². The summed E-state index contributed by atoms with van der Waals surface area (Å²) in [5, 5.41) is 10.3. The fourth-order valence-electron chi connectivity index (χ4n) is 0.666. The fourth-order valence-corrected chi connectivity index (χ4v) is 0.666. The van der Waals surface area contributed by atoms with Crippen molar-refractivity contribution in [3.8, 4) is 0 Å².